The molecule has 0 amide bonds. The third kappa shape index (κ3) is 2.49. The Labute approximate surface area is 112 Å². The van der Waals surface area contributed by atoms with Crippen molar-refractivity contribution >= 4 is 11.6 Å². The summed E-state index contributed by atoms with van der Waals surface area (Å²) < 4.78 is 0. The van der Waals surface area contributed by atoms with Crippen molar-refractivity contribution in [2.75, 3.05) is 0 Å². The van der Waals surface area contributed by atoms with Crippen LogP contribution in [0.3, 0.4) is 0 Å². The van der Waals surface area contributed by atoms with Crippen LogP contribution >= 0.6 is 11.6 Å². The van der Waals surface area contributed by atoms with Crippen molar-refractivity contribution in [1.82, 2.24) is 4.98 Å². The standard InChI is InChI=1S/C15H16ClNO/c1-9(2)12-5-4-11(16)6-14(12)13-7-15(18)17-8-10(13)3/h4-9H,1-3H3,(H,17,18). The van der Waals surface area contributed by atoms with Crippen LogP contribution in [-0.2, 0) is 0 Å². The molecule has 94 valence electrons. The third-order valence-electron chi connectivity index (χ3n) is 3.06. The van der Waals surface area contributed by atoms with E-state index in [1.165, 1.54) is 5.56 Å². The van der Waals surface area contributed by atoms with Crippen molar-refractivity contribution in [1.29, 1.82) is 0 Å². The summed E-state index contributed by atoms with van der Waals surface area (Å²) in [6, 6.07) is 7.48. The molecule has 0 aliphatic heterocycles. The first kappa shape index (κ1) is 12.9. The molecule has 0 saturated heterocycles. The van der Waals surface area contributed by atoms with Gasteiger partial charge in [-0.3, -0.25) is 4.79 Å². The second-order valence-corrected chi connectivity index (χ2v) is 5.22. The van der Waals surface area contributed by atoms with Crippen molar-refractivity contribution in [3.05, 3.63) is 57.0 Å². The van der Waals surface area contributed by atoms with E-state index in [9.17, 15) is 4.79 Å². The van der Waals surface area contributed by atoms with Crippen molar-refractivity contribution in [2.24, 2.45) is 0 Å². The molecule has 2 nitrogen and oxygen atoms in total. The highest BCUT2D eigenvalue weighted by atomic mass is 35.5. The Morgan fingerprint density at radius 1 is 1.17 bits per heavy atom. The van der Waals surface area contributed by atoms with E-state index in [4.69, 9.17) is 11.6 Å². The summed E-state index contributed by atoms with van der Waals surface area (Å²) in [5, 5.41) is 0.689. The minimum atomic E-state index is -0.0923. The second kappa shape index (κ2) is 4.99. The molecule has 1 N–H and O–H groups in total. The third-order valence-corrected chi connectivity index (χ3v) is 3.29. The van der Waals surface area contributed by atoms with Gasteiger partial charge in [-0.05, 0) is 47.2 Å². The molecule has 1 aromatic carbocycles. The number of aromatic nitrogens is 1. The van der Waals surface area contributed by atoms with Gasteiger partial charge in [0.2, 0.25) is 5.56 Å². The Morgan fingerprint density at radius 2 is 1.89 bits per heavy atom. The monoisotopic (exact) mass is 261 g/mol. The molecule has 0 unspecified atom stereocenters. The molecule has 1 heterocycles. The molecule has 0 fully saturated rings. The fourth-order valence-electron chi connectivity index (χ4n) is 2.10. The van der Waals surface area contributed by atoms with Gasteiger partial charge in [0.05, 0.1) is 0 Å². The van der Waals surface area contributed by atoms with Crippen molar-refractivity contribution in [2.45, 2.75) is 26.7 Å². The van der Waals surface area contributed by atoms with E-state index >= 15 is 0 Å². The molecule has 0 spiro atoms. The second-order valence-electron chi connectivity index (χ2n) is 4.78. The number of hydrogen-bond donors (Lipinski definition) is 1. The van der Waals surface area contributed by atoms with Crippen LogP contribution in [0.15, 0.2) is 35.3 Å². The van der Waals surface area contributed by atoms with Crippen molar-refractivity contribution in [3.63, 3.8) is 0 Å². The largest absolute Gasteiger partial charge is 0.329 e. The first-order valence-electron chi connectivity index (χ1n) is 5.98. The quantitative estimate of drug-likeness (QED) is 0.866. The van der Waals surface area contributed by atoms with Gasteiger partial charge >= 0.3 is 0 Å². The van der Waals surface area contributed by atoms with Gasteiger partial charge in [-0.25, -0.2) is 0 Å². The number of pyridine rings is 1. The molecule has 2 aromatic rings. The molecule has 0 bridgehead atoms. The van der Waals surface area contributed by atoms with Crippen LogP contribution in [0.2, 0.25) is 5.02 Å². The lowest BCUT2D eigenvalue weighted by molar-refractivity contribution is 0.868. The van der Waals surface area contributed by atoms with Gasteiger partial charge in [0.1, 0.15) is 0 Å². The highest BCUT2D eigenvalue weighted by Gasteiger charge is 2.11. The summed E-state index contributed by atoms with van der Waals surface area (Å²) in [6.07, 6.45) is 1.74. The molecule has 1 aromatic heterocycles. The summed E-state index contributed by atoms with van der Waals surface area (Å²) in [5.74, 6) is 0.385. The van der Waals surface area contributed by atoms with Crippen LogP contribution in [0, 0.1) is 6.92 Å². The number of halogens is 1. The predicted molar refractivity (Wildman–Crippen MR) is 76.3 cm³/mol. The lowest BCUT2D eigenvalue weighted by Gasteiger charge is -2.14. The molecule has 0 aliphatic rings. The van der Waals surface area contributed by atoms with Crippen LogP contribution in [0.5, 0.6) is 0 Å². The lowest BCUT2D eigenvalue weighted by Crippen LogP contribution is -2.05. The number of nitrogens with one attached hydrogen (secondary N) is 1. The van der Waals surface area contributed by atoms with E-state index in [-0.39, 0.29) is 5.56 Å². The zero-order valence-corrected chi connectivity index (χ0v) is 11.5. The van der Waals surface area contributed by atoms with Crippen molar-refractivity contribution < 1.29 is 0 Å². The average molecular weight is 262 g/mol. The van der Waals surface area contributed by atoms with Gasteiger partial charge in [0.25, 0.3) is 0 Å². The van der Waals surface area contributed by atoms with E-state index in [0.717, 1.165) is 16.7 Å². The minimum Gasteiger partial charge on any atom is -0.329 e. The van der Waals surface area contributed by atoms with Gasteiger partial charge in [-0.15, -0.1) is 0 Å². The minimum absolute atomic E-state index is 0.0923. The first-order chi connectivity index (χ1) is 8.49. The van der Waals surface area contributed by atoms with Crippen LogP contribution in [0.1, 0.15) is 30.9 Å². The SMILES string of the molecule is Cc1c[nH]c(=O)cc1-c1cc(Cl)ccc1C(C)C. The van der Waals surface area contributed by atoms with Crippen molar-refractivity contribution in [3.8, 4) is 11.1 Å². The first-order valence-corrected chi connectivity index (χ1v) is 6.36. The van der Waals surface area contributed by atoms with Crippen LogP contribution < -0.4 is 5.56 Å². The van der Waals surface area contributed by atoms with Gasteiger partial charge < -0.3 is 4.98 Å². The molecule has 0 atom stereocenters. The van der Waals surface area contributed by atoms with E-state index in [1.54, 1.807) is 12.3 Å². The maximum Gasteiger partial charge on any atom is 0.248 e. The highest BCUT2D eigenvalue weighted by Crippen LogP contribution is 2.32. The topological polar surface area (TPSA) is 32.9 Å². The number of rotatable bonds is 2. The van der Waals surface area contributed by atoms with Crippen LogP contribution in [-0.4, -0.2) is 4.98 Å². The Bertz CT molecular complexity index is 629. The molecule has 18 heavy (non-hydrogen) atoms. The van der Waals surface area contributed by atoms with Crippen LogP contribution in [0.4, 0.5) is 0 Å². The van der Waals surface area contributed by atoms with Gasteiger partial charge in [-0.2, -0.15) is 0 Å². The predicted octanol–water partition coefficient (Wildman–Crippen LogP) is 4.13. The summed E-state index contributed by atoms with van der Waals surface area (Å²) in [6.45, 7) is 6.25. The molecular weight excluding hydrogens is 246 g/mol. The number of hydrogen-bond acceptors (Lipinski definition) is 1. The Kier molecular flexibility index (Phi) is 3.58. The molecular formula is C15H16ClNO. The fourth-order valence-corrected chi connectivity index (χ4v) is 2.27. The molecule has 3 heteroatoms. The summed E-state index contributed by atoms with van der Waals surface area (Å²) >= 11 is 6.08. The number of benzene rings is 1. The normalized spacial score (nSPS) is 10.9. The zero-order valence-electron chi connectivity index (χ0n) is 10.8. The maximum absolute atomic E-state index is 11.5. The fraction of sp³-hybridized carbons (Fsp3) is 0.267. The highest BCUT2D eigenvalue weighted by molar-refractivity contribution is 6.30. The van der Waals surface area contributed by atoms with E-state index < -0.39 is 0 Å². The molecule has 0 saturated carbocycles. The Hall–Kier alpha value is -1.54. The Balaban J connectivity index is 2.73. The van der Waals surface area contributed by atoms with Crippen LogP contribution in [0.25, 0.3) is 11.1 Å². The lowest BCUT2D eigenvalue weighted by atomic mass is 9.91. The average Bonchev–Trinajstić information content (AvgIpc) is 2.31. The maximum atomic E-state index is 11.5. The number of aryl methyl sites for hydroxylation is 1. The van der Waals surface area contributed by atoms with E-state index in [1.807, 2.05) is 25.1 Å². The van der Waals surface area contributed by atoms with Gasteiger partial charge in [-0.1, -0.05) is 31.5 Å². The Morgan fingerprint density at radius 3 is 2.56 bits per heavy atom. The summed E-state index contributed by atoms with van der Waals surface area (Å²) in [4.78, 5) is 14.2. The number of H-pyrrole nitrogens is 1. The summed E-state index contributed by atoms with van der Waals surface area (Å²) in [7, 11) is 0. The summed E-state index contributed by atoms with van der Waals surface area (Å²) in [5.41, 5.74) is 4.14. The van der Waals surface area contributed by atoms with E-state index in [2.05, 4.69) is 18.8 Å². The smallest absolute Gasteiger partial charge is 0.248 e. The molecule has 0 radical (unpaired) electrons. The zero-order chi connectivity index (χ0) is 13.3. The van der Waals surface area contributed by atoms with E-state index in [0.29, 0.717) is 10.9 Å². The molecule has 2 rings (SSSR count). The number of aromatic amines is 1. The molecule has 0 aliphatic carbocycles. The van der Waals surface area contributed by atoms with Gasteiger partial charge in [0, 0.05) is 17.3 Å². The van der Waals surface area contributed by atoms with Gasteiger partial charge in [0.15, 0.2) is 0 Å².